The van der Waals surface area contributed by atoms with E-state index in [2.05, 4.69) is 4.98 Å². The van der Waals surface area contributed by atoms with Crippen molar-refractivity contribution in [2.24, 2.45) is 0 Å². The van der Waals surface area contributed by atoms with E-state index in [1.165, 1.54) is 0 Å². The number of halogens is 3. The van der Waals surface area contributed by atoms with Crippen LogP contribution >= 0.6 is 0 Å². The summed E-state index contributed by atoms with van der Waals surface area (Å²) in [6.45, 7) is 0. The minimum atomic E-state index is -2.74. The van der Waals surface area contributed by atoms with E-state index in [-0.39, 0.29) is 12.1 Å². The van der Waals surface area contributed by atoms with Crippen LogP contribution in [0.5, 0.6) is 0 Å². The van der Waals surface area contributed by atoms with Gasteiger partial charge in [-0.25, -0.2) is 18.2 Å². The maximum atomic E-state index is 12.8. The molecule has 0 spiro atoms. The molecular formula is C8H5F3N2. The number of nitrogens with zero attached hydrogens (tertiary/aromatic N) is 2. The van der Waals surface area contributed by atoms with Crippen molar-refractivity contribution in [3.8, 4) is 6.07 Å². The van der Waals surface area contributed by atoms with Crippen LogP contribution in [0.3, 0.4) is 0 Å². The van der Waals surface area contributed by atoms with Crippen LogP contribution in [-0.2, 0) is 6.42 Å². The molecule has 0 aliphatic rings. The Balaban J connectivity index is 3.05. The normalized spacial score (nSPS) is 10.1. The van der Waals surface area contributed by atoms with Gasteiger partial charge < -0.3 is 0 Å². The van der Waals surface area contributed by atoms with Gasteiger partial charge in [0.25, 0.3) is 6.43 Å². The smallest absolute Gasteiger partial charge is 0.248 e. The molecule has 0 amide bonds. The second kappa shape index (κ2) is 3.90. The highest BCUT2D eigenvalue weighted by Gasteiger charge is 2.11. The van der Waals surface area contributed by atoms with E-state index in [0.29, 0.717) is 0 Å². The van der Waals surface area contributed by atoms with E-state index in [4.69, 9.17) is 5.26 Å². The lowest BCUT2D eigenvalue weighted by atomic mass is 10.2. The molecule has 0 unspecified atom stereocenters. The largest absolute Gasteiger partial charge is 0.280 e. The minimum absolute atomic E-state index is 0.236. The van der Waals surface area contributed by atoms with Gasteiger partial charge in [0.1, 0.15) is 11.5 Å². The third-order valence-corrected chi connectivity index (χ3v) is 1.41. The van der Waals surface area contributed by atoms with E-state index in [0.717, 1.165) is 12.1 Å². The highest BCUT2D eigenvalue weighted by molar-refractivity contribution is 5.16. The average Bonchev–Trinajstić information content (AvgIpc) is 2.08. The topological polar surface area (TPSA) is 36.7 Å². The molecule has 0 saturated carbocycles. The van der Waals surface area contributed by atoms with Gasteiger partial charge >= 0.3 is 0 Å². The molecule has 0 N–H and O–H groups in total. The summed E-state index contributed by atoms with van der Waals surface area (Å²) < 4.78 is 36.9. The van der Waals surface area contributed by atoms with Gasteiger partial charge in [-0.05, 0) is 12.1 Å². The summed E-state index contributed by atoms with van der Waals surface area (Å²) in [6, 6.07) is 3.44. The highest BCUT2D eigenvalue weighted by atomic mass is 19.3. The van der Waals surface area contributed by atoms with Crippen molar-refractivity contribution >= 4 is 0 Å². The number of pyridine rings is 1. The van der Waals surface area contributed by atoms with E-state index < -0.39 is 17.9 Å². The Labute approximate surface area is 72.6 Å². The van der Waals surface area contributed by atoms with Gasteiger partial charge in [0.15, 0.2) is 0 Å². The fourth-order valence-corrected chi connectivity index (χ4v) is 0.822. The summed E-state index contributed by atoms with van der Waals surface area (Å²) in [4.78, 5) is 3.31. The Kier molecular flexibility index (Phi) is 2.85. The number of nitriles is 1. The van der Waals surface area contributed by atoms with Gasteiger partial charge in [0.2, 0.25) is 0 Å². The SMILES string of the molecule is N#CCc1nc(C(F)F)ccc1F. The highest BCUT2D eigenvalue weighted by Crippen LogP contribution is 2.17. The quantitative estimate of drug-likeness (QED) is 0.710. The first-order chi connectivity index (χ1) is 6.15. The van der Waals surface area contributed by atoms with Crippen LogP contribution < -0.4 is 0 Å². The van der Waals surface area contributed by atoms with Crippen molar-refractivity contribution in [1.82, 2.24) is 4.98 Å². The van der Waals surface area contributed by atoms with Gasteiger partial charge in [-0.15, -0.1) is 0 Å². The fourth-order valence-electron chi connectivity index (χ4n) is 0.822. The molecule has 1 rings (SSSR count). The van der Waals surface area contributed by atoms with Crippen LogP contribution in [0.15, 0.2) is 12.1 Å². The number of hydrogen-bond acceptors (Lipinski definition) is 2. The first kappa shape index (κ1) is 9.52. The van der Waals surface area contributed by atoms with E-state index in [1.807, 2.05) is 0 Å². The van der Waals surface area contributed by atoms with Crippen LogP contribution in [0, 0.1) is 17.1 Å². The van der Waals surface area contributed by atoms with E-state index in [9.17, 15) is 13.2 Å². The zero-order chi connectivity index (χ0) is 9.84. The van der Waals surface area contributed by atoms with Gasteiger partial charge in [0, 0.05) is 0 Å². The van der Waals surface area contributed by atoms with E-state index in [1.54, 1.807) is 6.07 Å². The number of hydrogen-bond donors (Lipinski definition) is 0. The van der Waals surface area contributed by atoms with Crippen molar-refractivity contribution in [2.75, 3.05) is 0 Å². The van der Waals surface area contributed by atoms with Gasteiger partial charge in [-0.2, -0.15) is 5.26 Å². The predicted octanol–water partition coefficient (Wildman–Crippen LogP) is 2.22. The zero-order valence-corrected chi connectivity index (χ0v) is 6.47. The first-order valence-corrected chi connectivity index (χ1v) is 3.45. The third-order valence-electron chi connectivity index (χ3n) is 1.41. The first-order valence-electron chi connectivity index (χ1n) is 3.45. The molecule has 0 saturated heterocycles. The lowest BCUT2D eigenvalue weighted by molar-refractivity contribution is 0.145. The maximum Gasteiger partial charge on any atom is 0.280 e. The van der Waals surface area contributed by atoms with Gasteiger partial charge in [-0.1, -0.05) is 0 Å². The van der Waals surface area contributed by atoms with Crippen LogP contribution in [-0.4, -0.2) is 4.98 Å². The average molecular weight is 186 g/mol. The van der Waals surface area contributed by atoms with Crippen LogP contribution in [0.2, 0.25) is 0 Å². The molecule has 2 nitrogen and oxygen atoms in total. The molecule has 0 radical (unpaired) electrons. The summed E-state index contributed by atoms with van der Waals surface area (Å²) >= 11 is 0. The molecule has 0 bridgehead atoms. The molecule has 5 heteroatoms. The number of rotatable bonds is 2. The summed E-state index contributed by atoms with van der Waals surface area (Å²) in [5.41, 5.74) is -0.744. The van der Waals surface area contributed by atoms with Crippen molar-refractivity contribution in [2.45, 2.75) is 12.8 Å². The lowest BCUT2D eigenvalue weighted by Gasteiger charge is -2.01. The van der Waals surface area contributed by atoms with Crippen LogP contribution in [0.25, 0.3) is 0 Å². The number of alkyl halides is 2. The van der Waals surface area contributed by atoms with Crippen molar-refractivity contribution in [3.05, 3.63) is 29.3 Å². The predicted molar refractivity (Wildman–Crippen MR) is 38.5 cm³/mol. The van der Waals surface area contributed by atoms with Crippen molar-refractivity contribution < 1.29 is 13.2 Å². The minimum Gasteiger partial charge on any atom is -0.248 e. The van der Waals surface area contributed by atoms with Crippen molar-refractivity contribution in [3.63, 3.8) is 0 Å². The molecule has 1 aromatic rings. The Morgan fingerprint density at radius 1 is 1.46 bits per heavy atom. The lowest BCUT2D eigenvalue weighted by Crippen LogP contribution is -1.98. The molecule has 68 valence electrons. The summed E-state index contributed by atoms with van der Waals surface area (Å²) in [6.07, 6.45) is -3.04. The molecule has 13 heavy (non-hydrogen) atoms. The summed E-state index contributed by atoms with van der Waals surface area (Å²) in [5, 5.41) is 8.23. The molecule has 0 fully saturated rings. The second-order valence-electron chi connectivity index (χ2n) is 2.30. The van der Waals surface area contributed by atoms with Gasteiger partial charge in [0.05, 0.1) is 18.2 Å². The molecule has 0 aromatic carbocycles. The Hall–Kier alpha value is -1.57. The molecular weight excluding hydrogens is 181 g/mol. The Morgan fingerprint density at radius 2 is 2.15 bits per heavy atom. The third kappa shape index (κ3) is 2.18. The molecule has 0 atom stereocenters. The molecule has 1 heterocycles. The maximum absolute atomic E-state index is 12.8. The Bertz CT molecular complexity index is 344. The van der Waals surface area contributed by atoms with Crippen molar-refractivity contribution in [1.29, 1.82) is 5.26 Å². The van der Waals surface area contributed by atoms with E-state index >= 15 is 0 Å². The fraction of sp³-hybridized carbons (Fsp3) is 0.250. The molecule has 1 aromatic heterocycles. The monoisotopic (exact) mass is 186 g/mol. The summed E-state index contributed by atoms with van der Waals surface area (Å²) in [7, 11) is 0. The molecule has 0 aliphatic carbocycles. The Morgan fingerprint density at radius 3 is 2.69 bits per heavy atom. The van der Waals surface area contributed by atoms with Crippen LogP contribution in [0.1, 0.15) is 17.8 Å². The second-order valence-corrected chi connectivity index (χ2v) is 2.30. The zero-order valence-electron chi connectivity index (χ0n) is 6.47. The summed E-state index contributed by atoms with van der Waals surface area (Å²) in [5.74, 6) is -0.731. The number of aromatic nitrogens is 1. The standard InChI is InChI=1S/C8H5F3N2/c9-5-1-2-7(8(10)11)13-6(5)3-4-12/h1-2,8H,3H2. The molecule has 0 aliphatic heterocycles. The van der Waals surface area contributed by atoms with Gasteiger partial charge in [-0.3, -0.25) is 0 Å². The van der Waals surface area contributed by atoms with Crippen LogP contribution in [0.4, 0.5) is 13.2 Å².